The van der Waals surface area contributed by atoms with E-state index in [4.69, 9.17) is 0 Å². The van der Waals surface area contributed by atoms with Crippen molar-refractivity contribution in [1.82, 2.24) is 9.88 Å². The number of carbonyl (C=O) groups is 2. The third-order valence-corrected chi connectivity index (χ3v) is 2.64. The summed E-state index contributed by atoms with van der Waals surface area (Å²) in [5, 5.41) is 13.7. The van der Waals surface area contributed by atoms with Crippen LogP contribution >= 0.6 is 0 Å². The molecular formula is C12H11N3O4. The molecule has 19 heavy (non-hydrogen) atoms. The van der Waals surface area contributed by atoms with Gasteiger partial charge >= 0.3 is 0 Å². The van der Waals surface area contributed by atoms with E-state index >= 15 is 0 Å². The lowest BCUT2D eigenvalue weighted by Crippen LogP contribution is -2.30. The molecule has 1 aromatic carbocycles. The van der Waals surface area contributed by atoms with Crippen molar-refractivity contribution in [2.75, 3.05) is 6.54 Å². The van der Waals surface area contributed by atoms with E-state index in [2.05, 4.69) is 5.32 Å². The maximum Gasteiger partial charge on any atom is 0.270 e. The summed E-state index contributed by atoms with van der Waals surface area (Å²) < 4.78 is 1.36. The van der Waals surface area contributed by atoms with Crippen molar-refractivity contribution in [3.05, 3.63) is 40.6 Å². The van der Waals surface area contributed by atoms with E-state index in [1.54, 1.807) is 6.07 Å². The number of benzene rings is 1. The van der Waals surface area contributed by atoms with Gasteiger partial charge in [0.15, 0.2) is 0 Å². The Morgan fingerprint density at radius 1 is 1.37 bits per heavy atom. The minimum absolute atomic E-state index is 0.0282. The van der Waals surface area contributed by atoms with Crippen LogP contribution < -0.4 is 5.32 Å². The van der Waals surface area contributed by atoms with Gasteiger partial charge in [-0.05, 0) is 12.1 Å². The summed E-state index contributed by atoms with van der Waals surface area (Å²) in [6.45, 7) is 1.21. The fourth-order valence-electron chi connectivity index (χ4n) is 1.75. The molecule has 1 aromatic heterocycles. The summed E-state index contributed by atoms with van der Waals surface area (Å²) in [5.74, 6) is -0.598. The average molecular weight is 261 g/mol. The summed E-state index contributed by atoms with van der Waals surface area (Å²) in [5.41, 5.74) is 0.542. The van der Waals surface area contributed by atoms with Crippen LogP contribution in [0.25, 0.3) is 10.9 Å². The maximum absolute atomic E-state index is 11.9. The van der Waals surface area contributed by atoms with Crippen molar-refractivity contribution in [3.8, 4) is 0 Å². The van der Waals surface area contributed by atoms with E-state index in [1.165, 1.54) is 35.9 Å². The van der Waals surface area contributed by atoms with Gasteiger partial charge in [-0.1, -0.05) is 0 Å². The maximum atomic E-state index is 11.9. The van der Waals surface area contributed by atoms with Gasteiger partial charge in [-0.25, -0.2) is 0 Å². The molecule has 0 spiro atoms. The molecule has 0 aliphatic rings. The lowest BCUT2D eigenvalue weighted by molar-refractivity contribution is -0.384. The Hall–Kier alpha value is -2.70. The number of nitrogens with one attached hydrogen (secondary N) is 1. The fraction of sp³-hybridized carbons (Fsp3) is 0.167. The van der Waals surface area contributed by atoms with E-state index in [1.807, 2.05) is 0 Å². The number of nitro groups is 1. The Balaban J connectivity index is 2.33. The molecule has 0 radical (unpaired) electrons. The second-order valence-electron chi connectivity index (χ2n) is 3.99. The average Bonchev–Trinajstić information content (AvgIpc) is 2.78. The zero-order valence-electron chi connectivity index (χ0n) is 10.1. The van der Waals surface area contributed by atoms with E-state index in [-0.39, 0.29) is 24.0 Å². The molecule has 0 atom stereocenters. The number of non-ortho nitro benzene ring substituents is 1. The van der Waals surface area contributed by atoms with Crippen LogP contribution in [0.1, 0.15) is 11.7 Å². The summed E-state index contributed by atoms with van der Waals surface area (Å²) >= 11 is 0. The van der Waals surface area contributed by atoms with Crippen LogP contribution in [-0.2, 0) is 4.79 Å². The van der Waals surface area contributed by atoms with Crippen LogP contribution in [0.5, 0.6) is 0 Å². The monoisotopic (exact) mass is 261 g/mol. The first kappa shape index (κ1) is 12.7. The van der Waals surface area contributed by atoms with Crippen LogP contribution in [0.4, 0.5) is 5.69 Å². The summed E-state index contributed by atoms with van der Waals surface area (Å²) in [7, 11) is 0. The van der Waals surface area contributed by atoms with Crippen molar-refractivity contribution >= 4 is 28.4 Å². The number of nitro benzene ring substituents is 1. The zero-order valence-corrected chi connectivity index (χ0v) is 10.1. The second-order valence-corrected chi connectivity index (χ2v) is 3.99. The topological polar surface area (TPSA) is 94.2 Å². The van der Waals surface area contributed by atoms with E-state index < -0.39 is 4.92 Å². The second kappa shape index (κ2) is 4.89. The van der Waals surface area contributed by atoms with Crippen LogP contribution in [0, 0.1) is 10.1 Å². The van der Waals surface area contributed by atoms with Gasteiger partial charge in [-0.3, -0.25) is 24.3 Å². The van der Waals surface area contributed by atoms with Crippen molar-refractivity contribution < 1.29 is 14.5 Å². The first-order chi connectivity index (χ1) is 8.99. The highest BCUT2D eigenvalue weighted by atomic mass is 16.6. The lowest BCUT2D eigenvalue weighted by Gasteiger charge is -2.04. The van der Waals surface area contributed by atoms with Crippen LogP contribution in [-0.4, -0.2) is 27.8 Å². The first-order valence-electron chi connectivity index (χ1n) is 5.52. The predicted molar refractivity (Wildman–Crippen MR) is 67.9 cm³/mol. The van der Waals surface area contributed by atoms with E-state index in [9.17, 15) is 19.7 Å². The van der Waals surface area contributed by atoms with Crippen LogP contribution in [0.3, 0.4) is 0 Å². The van der Waals surface area contributed by atoms with E-state index in [0.29, 0.717) is 10.9 Å². The summed E-state index contributed by atoms with van der Waals surface area (Å²) in [6, 6.07) is 5.87. The fourth-order valence-corrected chi connectivity index (χ4v) is 1.75. The molecule has 0 saturated heterocycles. The molecule has 2 aromatic rings. The number of nitrogens with zero attached hydrogens (tertiary/aromatic N) is 2. The number of carbonyl (C=O) groups excluding carboxylic acids is 2. The number of fused-ring (bicyclic) bond motifs is 1. The van der Waals surface area contributed by atoms with Gasteiger partial charge in [0.05, 0.1) is 17.0 Å². The highest BCUT2D eigenvalue weighted by molar-refractivity contribution is 5.95. The van der Waals surface area contributed by atoms with Gasteiger partial charge in [0.2, 0.25) is 11.8 Å². The van der Waals surface area contributed by atoms with Crippen LogP contribution in [0.15, 0.2) is 30.5 Å². The first-order valence-corrected chi connectivity index (χ1v) is 5.52. The molecular weight excluding hydrogens is 250 g/mol. The molecule has 0 bridgehead atoms. The molecule has 0 saturated carbocycles. The molecule has 2 rings (SSSR count). The number of rotatable bonds is 3. The standard InChI is InChI=1S/C12H11N3O4/c1-8(16)13-7-12(17)14-5-4-9-6-10(15(18)19)2-3-11(9)14/h2-6H,7H2,1H3,(H,13,16). The van der Waals surface area contributed by atoms with Gasteiger partial charge in [0.25, 0.3) is 5.69 Å². The summed E-state index contributed by atoms with van der Waals surface area (Å²) in [4.78, 5) is 32.8. The Labute approximate surface area is 108 Å². The predicted octanol–water partition coefficient (Wildman–Crippen LogP) is 1.33. The van der Waals surface area contributed by atoms with Gasteiger partial charge in [-0.15, -0.1) is 0 Å². The van der Waals surface area contributed by atoms with Crippen molar-refractivity contribution in [1.29, 1.82) is 0 Å². The summed E-state index contributed by atoms with van der Waals surface area (Å²) in [6.07, 6.45) is 1.53. The zero-order chi connectivity index (χ0) is 14.0. The molecule has 0 aliphatic heterocycles. The SMILES string of the molecule is CC(=O)NCC(=O)n1ccc2cc([N+](=O)[O-])ccc21. The largest absolute Gasteiger partial charge is 0.347 e. The Morgan fingerprint density at radius 3 is 2.74 bits per heavy atom. The smallest absolute Gasteiger partial charge is 0.270 e. The molecule has 1 N–H and O–H groups in total. The minimum atomic E-state index is -0.490. The van der Waals surface area contributed by atoms with Gasteiger partial charge in [0.1, 0.15) is 0 Å². The molecule has 98 valence electrons. The number of hydrogen-bond donors (Lipinski definition) is 1. The van der Waals surface area contributed by atoms with Gasteiger partial charge in [0, 0.05) is 30.6 Å². The molecule has 0 unspecified atom stereocenters. The third-order valence-electron chi connectivity index (χ3n) is 2.64. The molecule has 1 amide bonds. The highest BCUT2D eigenvalue weighted by Crippen LogP contribution is 2.21. The molecule has 0 fully saturated rings. The Kier molecular flexibility index (Phi) is 3.28. The normalized spacial score (nSPS) is 10.4. The molecule has 1 heterocycles. The van der Waals surface area contributed by atoms with Gasteiger partial charge < -0.3 is 5.32 Å². The van der Waals surface area contributed by atoms with E-state index in [0.717, 1.165) is 0 Å². The Bertz CT molecular complexity index is 675. The third kappa shape index (κ3) is 2.59. The van der Waals surface area contributed by atoms with Gasteiger partial charge in [-0.2, -0.15) is 0 Å². The van der Waals surface area contributed by atoms with Crippen LogP contribution in [0.2, 0.25) is 0 Å². The van der Waals surface area contributed by atoms with Crippen molar-refractivity contribution in [3.63, 3.8) is 0 Å². The Morgan fingerprint density at radius 2 is 2.11 bits per heavy atom. The van der Waals surface area contributed by atoms with Crippen molar-refractivity contribution in [2.24, 2.45) is 0 Å². The molecule has 7 nitrogen and oxygen atoms in total. The lowest BCUT2D eigenvalue weighted by atomic mass is 10.2. The highest BCUT2D eigenvalue weighted by Gasteiger charge is 2.12. The van der Waals surface area contributed by atoms with Crippen molar-refractivity contribution in [2.45, 2.75) is 6.92 Å². The number of aromatic nitrogens is 1. The quantitative estimate of drug-likeness (QED) is 0.666. The number of amides is 1. The molecule has 0 aliphatic carbocycles. The molecule has 7 heteroatoms. The number of hydrogen-bond acceptors (Lipinski definition) is 4. The minimum Gasteiger partial charge on any atom is -0.347 e.